The molecule has 0 radical (unpaired) electrons. The number of nitrogens with zero attached hydrogens (tertiary/aromatic N) is 2. The average molecular weight is 575 g/mol. The first-order valence-corrected chi connectivity index (χ1v) is 13.7. The molecule has 0 bridgehead atoms. The summed E-state index contributed by atoms with van der Waals surface area (Å²) in [5, 5.41) is 24.2. The number of aliphatic hydroxyl groups is 1. The van der Waals surface area contributed by atoms with Crippen LogP contribution in [-0.2, 0) is 30.4 Å². The number of aromatic hydroxyl groups is 1. The molecule has 1 heterocycles. The zero-order valence-corrected chi connectivity index (χ0v) is 23.0. The highest BCUT2D eigenvalue weighted by Gasteiger charge is 2.54. The lowest BCUT2D eigenvalue weighted by Crippen LogP contribution is -2.62. The summed E-state index contributed by atoms with van der Waals surface area (Å²) >= 11 is 0. The van der Waals surface area contributed by atoms with E-state index in [9.17, 15) is 39.0 Å². The standard InChI is InChI=1S/C28H35FN4O8/c1-3-32(2)22-15(24(37)27(40)21(26(22)39)28(30)41)9-13-8-14-17(29)10-18(25(38)20(14)23(36)16(13)12-34)31-19(35)11-33-6-4-5-7-33/h10,12-13,15-16,21-22,26,38-39H,3-9,11H2,1-2H3,(H2,30,41)(H,31,35). The Morgan fingerprint density at radius 3 is 2.44 bits per heavy atom. The molecule has 1 aliphatic heterocycles. The maximum absolute atomic E-state index is 15.4. The van der Waals surface area contributed by atoms with Crippen LogP contribution < -0.4 is 11.1 Å². The number of rotatable bonds is 9. The number of carbonyl (C=O) groups is 6. The number of anilines is 1. The number of hydrogen-bond acceptors (Lipinski definition) is 10. The van der Waals surface area contributed by atoms with Crippen LogP contribution in [0.2, 0.25) is 0 Å². The molecule has 13 heteroatoms. The second-order valence-corrected chi connectivity index (χ2v) is 11.1. The van der Waals surface area contributed by atoms with Gasteiger partial charge in [0.25, 0.3) is 0 Å². The van der Waals surface area contributed by atoms with Gasteiger partial charge in [-0.2, -0.15) is 0 Å². The van der Waals surface area contributed by atoms with E-state index in [-0.39, 0.29) is 30.6 Å². The van der Waals surface area contributed by atoms with E-state index in [1.165, 1.54) is 0 Å². The first-order valence-electron chi connectivity index (χ1n) is 13.7. The number of aldehydes is 1. The normalized spacial score (nSPS) is 28.6. The van der Waals surface area contributed by atoms with Crippen molar-refractivity contribution in [3.05, 3.63) is 23.0 Å². The quantitative estimate of drug-likeness (QED) is 0.132. The smallest absolute Gasteiger partial charge is 0.238 e. The molecule has 1 saturated heterocycles. The fourth-order valence-electron chi connectivity index (χ4n) is 6.48. The predicted octanol–water partition coefficient (Wildman–Crippen LogP) is -0.323. The van der Waals surface area contributed by atoms with Crippen molar-refractivity contribution in [1.82, 2.24) is 9.80 Å². The van der Waals surface area contributed by atoms with E-state index < -0.39 is 82.1 Å². The number of fused-ring (bicyclic) bond motifs is 1. The van der Waals surface area contributed by atoms with Crippen LogP contribution in [0.15, 0.2) is 6.07 Å². The van der Waals surface area contributed by atoms with Gasteiger partial charge in [-0.25, -0.2) is 4.39 Å². The van der Waals surface area contributed by atoms with Gasteiger partial charge in [0.15, 0.2) is 5.78 Å². The van der Waals surface area contributed by atoms with Crippen LogP contribution in [0.5, 0.6) is 5.75 Å². The Morgan fingerprint density at radius 2 is 1.85 bits per heavy atom. The Hall–Kier alpha value is -3.55. The van der Waals surface area contributed by atoms with Crippen LogP contribution in [0, 0.1) is 29.5 Å². The first kappa shape index (κ1) is 30.4. The van der Waals surface area contributed by atoms with E-state index in [1.807, 2.05) is 4.90 Å². The van der Waals surface area contributed by atoms with Gasteiger partial charge in [-0.05, 0) is 58.3 Å². The molecule has 1 aromatic rings. The summed E-state index contributed by atoms with van der Waals surface area (Å²) in [5.41, 5.74) is 4.40. The van der Waals surface area contributed by atoms with Crippen LogP contribution in [0.3, 0.4) is 0 Å². The van der Waals surface area contributed by atoms with Crippen LogP contribution in [0.4, 0.5) is 10.1 Å². The third kappa shape index (κ3) is 5.66. The molecule has 2 amide bonds. The van der Waals surface area contributed by atoms with Crippen molar-refractivity contribution in [3.8, 4) is 5.75 Å². The number of amides is 2. The molecule has 3 aliphatic rings. The lowest BCUT2D eigenvalue weighted by Gasteiger charge is -2.43. The molecule has 2 fully saturated rings. The molecule has 6 atom stereocenters. The third-order valence-electron chi connectivity index (χ3n) is 8.70. The molecule has 0 aromatic heterocycles. The molecule has 12 nitrogen and oxygen atoms in total. The number of Topliss-reactive ketones (excluding diaryl/α,β-unsaturated/α-hetero) is 3. The van der Waals surface area contributed by atoms with Crippen LogP contribution in [-0.4, -0.2) is 101 Å². The van der Waals surface area contributed by atoms with E-state index in [0.29, 0.717) is 12.8 Å². The van der Waals surface area contributed by atoms with Crippen LogP contribution in [0.1, 0.15) is 42.1 Å². The van der Waals surface area contributed by atoms with Crippen molar-refractivity contribution in [2.45, 2.75) is 44.8 Å². The van der Waals surface area contributed by atoms with Crippen LogP contribution in [0.25, 0.3) is 0 Å². The number of ketones is 3. The number of phenolic OH excluding ortho intramolecular Hbond substituents is 1. The van der Waals surface area contributed by atoms with Crippen molar-refractivity contribution < 1.29 is 43.4 Å². The molecular weight excluding hydrogens is 539 g/mol. The summed E-state index contributed by atoms with van der Waals surface area (Å²) in [4.78, 5) is 79.4. The van der Waals surface area contributed by atoms with Gasteiger partial charge < -0.3 is 31.0 Å². The summed E-state index contributed by atoms with van der Waals surface area (Å²) in [6.07, 6.45) is 0.168. The Kier molecular flexibility index (Phi) is 9.00. The highest BCUT2D eigenvalue weighted by atomic mass is 19.1. The second-order valence-electron chi connectivity index (χ2n) is 11.1. The number of hydrogen-bond donors (Lipinski definition) is 4. The highest BCUT2D eigenvalue weighted by molar-refractivity contribution is 6.43. The Balaban J connectivity index is 1.64. The van der Waals surface area contributed by atoms with Crippen molar-refractivity contribution in [3.63, 3.8) is 0 Å². The number of halogens is 1. The number of nitrogens with two attached hydrogens (primary N) is 1. The molecule has 2 aliphatic carbocycles. The van der Waals surface area contributed by atoms with E-state index >= 15 is 4.39 Å². The first-order chi connectivity index (χ1) is 19.4. The van der Waals surface area contributed by atoms with E-state index in [0.717, 1.165) is 32.0 Å². The maximum atomic E-state index is 15.4. The topological polar surface area (TPSA) is 187 Å². The number of likely N-dealkylation sites (tertiary alicyclic amines) is 1. The minimum atomic E-state index is -1.73. The number of carbonyl (C=O) groups excluding carboxylic acids is 6. The predicted molar refractivity (Wildman–Crippen MR) is 142 cm³/mol. The molecule has 1 aromatic carbocycles. The molecule has 1 saturated carbocycles. The summed E-state index contributed by atoms with van der Waals surface area (Å²) < 4.78 is 15.4. The third-order valence-corrected chi connectivity index (χ3v) is 8.70. The Morgan fingerprint density at radius 1 is 1.20 bits per heavy atom. The SMILES string of the molecule is CCN(C)C1C(CC2Cc3c(F)cc(NC(=O)CN4CCCC4)c(O)c3C(=O)C2C=O)C(=O)C(=O)C(C(N)=O)C1O. The van der Waals surface area contributed by atoms with Gasteiger partial charge in [0.2, 0.25) is 23.4 Å². The van der Waals surface area contributed by atoms with Gasteiger partial charge in [0, 0.05) is 23.6 Å². The molecule has 4 rings (SSSR count). The Bertz CT molecular complexity index is 1280. The van der Waals surface area contributed by atoms with Gasteiger partial charge >= 0.3 is 0 Å². The monoisotopic (exact) mass is 574 g/mol. The number of likely N-dealkylation sites (N-methyl/N-ethyl adjacent to an activating group) is 1. The minimum absolute atomic E-state index is 0.0368. The number of benzene rings is 1. The molecule has 41 heavy (non-hydrogen) atoms. The molecule has 222 valence electrons. The van der Waals surface area contributed by atoms with E-state index in [4.69, 9.17) is 5.73 Å². The average Bonchev–Trinajstić information content (AvgIpc) is 3.42. The lowest BCUT2D eigenvalue weighted by atomic mass is 9.65. The van der Waals surface area contributed by atoms with Gasteiger partial charge in [0.05, 0.1) is 29.8 Å². The maximum Gasteiger partial charge on any atom is 0.238 e. The fourth-order valence-corrected chi connectivity index (χ4v) is 6.48. The second kappa shape index (κ2) is 12.1. The number of primary amides is 1. The summed E-state index contributed by atoms with van der Waals surface area (Å²) in [6, 6.07) is -0.121. The fraction of sp³-hybridized carbons (Fsp3) is 0.571. The zero-order valence-electron chi connectivity index (χ0n) is 23.0. The van der Waals surface area contributed by atoms with Crippen molar-refractivity contribution in [2.24, 2.45) is 29.4 Å². The minimum Gasteiger partial charge on any atom is -0.505 e. The van der Waals surface area contributed by atoms with Gasteiger partial charge in [0.1, 0.15) is 23.8 Å². The lowest BCUT2D eigenvalue weighted by molar-refractivity contribution is -0.158. The zero-order chi connectivity index (χ0) is 30.2. The number of aliphatic hydroxyl groups excluding tert-OH is 1. The van der Waals surface area contributed by atoms with Gasteiger partial charge in [-0.1, -0.05) is 6.92 Å². The molecule has 0 spiro atoms. The van der Waals surface area contributed by atoms with Gasteiger partial charge in [-0.15, -0.1) is 0 Å². The largest absolute Gasteiger partial charge is 0.505 e. The number of phenols is 1. The van der Waals surface area contributed by atoms with Crippen molar-refractivity contribution >= 4 is 41.1 Å². The number of nitrogens with one attached hydrogen (secondary N) is 1. The van der Waals surface area contributed by atoms with E-state index in [1.54, 1.807) is 18.9 Å². The van der Waals surface area contributed by atoms with Crippen molar-refractivity contribution in [2.75, 3.05) is 38.5 Å². The molecular formula is C28H35FN4O8. The Labute approximate surface area is 236 Å². The van der Waals surface area contributed by atoms with E-state index in [2.05, 4.69) is 5.32 Å². The summed E-state index contributed by atoms with van der Waals surface area (Å²) in [5.74, 6) is -11.5. The summed E-state index contributed by atoms with van der Waals surface area (Å²) in [6.45, 7) is 3.57. The summed E-state index contributed by atoms with van der Waals surface area (Å²) in [7, 11) is 1.58. The van der Waals surface area contributed by atoms with Crippen molar-refractivity contribution in [1.29, 1.82) is 0 Å². The highest BCUT2D eigenvalue weighted by Crippen LogP contribution is 2.43. The molecule has 5 N–H and O–H groups in total. The molecule has 6 unspecified atom stereocenters. The van der Waals surface area contributed by atoms with Gasteiger partial charge in [-0.3, -0.25) is 28.9 Å². The van der Waals surface area contributed by atoms with Crippen LogP contribution >= 0.6 is 0 Å².